The van der Waals surface area contributed by atoms with Gasteiger partial charge in [-0.2, -0.15) is 5.26 Å². The Labute approximate surface area is 136 Å². The van der Waals surface area contributed by atoms with E-state index in [1.54, 1.807) is 23.4 Å². The van der Waals surface area contributed by atoms with Gasteiger partial charge in [-0.25, -0.2) is 0 Å². The number of pyridine rings is 1. The Morgan fingerprint density at radius 1 is 1.30 bits per heavy atom. The molecule has 0 saturated carbocycles. The molecule has 0 N–H and O–H groups in total. The quantitative estimate of drug-likeness (QED) is 0.788. The van der Waals surface area contributed by atoms with Gasteiger partial charge in [-0.3, -0.25) is 9.78 Å². The number of anilines is 1. The van der Waals surface area contributed by atoms with Crippen molar-refractivity contribution in [1.82, 2.24) is 4.98 Å². The number of hydrogen-bond donors (Lipinski definition) is 0. The van der Waals surface area contributed by atoms with Crippen molar-refractivity contribution in [3.05, 3.63) is 54.4 Å². The van der Waals surface area contributed by atoms with Crippen LogP contribution in [0.5, 0.6) is 5.75 Å². The zero-order chi connectivity index (χ0) is 16.5. The predicted molar refractivity (Wildman–Crippen MR) is 88.1 cm³/mol. The van der Waals surface area contributed by atoms with E-state index in [1.165, 1.54) is 0 Å². The molecule has 0 aliphatic carbocycles. The minimum Gasteiger partial charge on any atom is -0.494 e. The summed E-state index contributed by atoms with van der Waals surface area (Å²) in [4.78, 5) is 18.2. The van der Waals surface area contributed by atoms with Crippen molar-refractivity contribution in [2.45, 2.75) is 19.8 Å². The topological polar surface area (TPSA) is 66.2 Å². The fourth-order valence-corrected chi connectivity index (χ4v) is 2.22. The lowest BCUT2D eigenvalue weighted by Crippen LogP contribution is -2.33. The molecule has 0 radical (unpaired) electrons. The first-order valence-corrected chi connectivity index (χ1v) is 7.53. The molecule has 5 nitrogen and oxygen atoms in total. The SMILES string of the molecule is CCOc1ccc(N(CCC#N)C(=O)Cc2cccnc2)cc1. The summed E-state index contributed by atoms with van der Waals surface area (Å²) in [5.74, 6) is 0.702. The molecule has 0 fully saturated rings. The van der Waals surface area contributed by atoms with Crippen LogP contribution in [0.15, 0.2) is 48.8 Å². The minimum absolute atomic E-state index is 0.0580. The highest BCUT2D eigenvalue weighted by Crippen LogP contribution is 2.20. The molecule has 0 bridgehead atoms. The second-order valence-electron chi connectivity index (χ2n) is 4.92. The van der Waals surface area contributed by atoms with Crippen molar-refractivity contribution in [2.24, 2.45) is 0 Å². The van der Waals surface area contributed by atoms with Crippen molar-refractivity contribution in [1.29, 1.82) is 5.26 Å². The van der Waals surface area contributed by atoms with E-state index in [2.05, 4.69) is 11.1 Å². The van der Waals surface area contributed by atoms with Crippen LogP contribution in [0, 0.1) is 11.3 Å². The number of nitriles is 1. The second-order valence-corrected chi connectivity index (χ2v) is 4.92. The highest BCUT2D eigenvalue weighted by molar-refractivity contribution is 5.94. The Kier molecular flexibility index (Phi) is 6.13. The fourth-order valence-electron chi connectivity index (χ4n) is 2.22. The van der Waals surface area contributed by atoms with E-state index in [1.807, 2.05) is 37.3 Å². The van der Waals surface area contributed by atoms with Crippen LogP contribution in [-0.2, 0) is 11.2 Å². The summed E-state index contributed by atoms with van der Waals surface area (Å²) in [6.07, 6.45) is 3.89. The number of ether oxygens (including phenoxy) is 1. The summed E-state index contributed by atoms with van der Waals surface area (Å²) in [5.41, 5.74) is 1.61. The van der Waals surface area contributed by atoms with Gasteiger partial charge in [0.25, 0.3) is 0 Å². The van der Waals surface area contributed by atoms with E-state index >= 15 is 0 Å². The van der Waals surface area contributed by atoms with Crippen LogP contribution >= 0.6 is 0 Å². The molecule has 1 aromatic carbocycles. The van der Waals surface area contributed by atoms with Gasteiger partial charge >= 0.3 is 0 Å². The molecule has 0 unspecified atom stereocenters. The molecule has 1 heterocycles. The van der Waals surface area contributed by atoms with Gasteiger partial charge in [0.05, 0.1) is 25.5 Å². The smallest absolute Gasteiger partial charge is 0.231 e. The molecule has 0 atom stereocenters. The van der Waals surface area contributed by atoms with Crippen LogP contribution < -0.4 is 9.64 Å². The fraction of sp³-hybridized carbons (Fsp3) is 0.278. The lowest BCUT2D eigenvalue weighted by molar-refractivity contribution is -0.118. The average Bonchev–Trinajstić information content (AvgIpc) is 2.58. The Morgan fingerprint density at radius 2 is 2.09 bits per heavy atom. The van der Waals surface area contributed by atoms with Crippen LogP contribution in [0.3, 0.4) is 0 Å². The summed E-state index contributed by atoms with van der Waals surface area (Å²) >= 11 is 0. The third-order valence-corrected chi connectivity index (χ3v) is 3.29. The molecule has 23 heavy (non-hydrogen) atoms. The predicted octanol–water partition coefficient (Wildman–Crippen LogP) is 2.97. The van der Waals surface area contributed by atoms with Crippen molar-refractivity contribution in [3.8, 4) is 11.8 Å². The number of hydrogen-bond acceptors (Lipinski definition) is 4. The van der Waals surface area contributed by atoms with Gasteiger partial charge in [-0.05, 0) is 42.8 Å². The first kappa shape index (κ1) is 16.5. The molecule has 118 valence electrons. The maximum atomic E-state index is 12.6. The number of carbonyl (C=O) groups is 1. The number of rotatable bonds is 7. The van der Waals surface area contributed by atoms with E-state index < -0.39 is 0 Å². The van der Waals surface area contributed by atoms with E-state index in [4.69, 9.17) is 10.00 Å². The molecule has 0 spiro atoms. The van der Waals surface area contributed by atoms with E-state index in [9.17, 15) is 4.79 Å². The van der Waals surface area contributed by atoms with E-state index in [0.29, 0.717) is 13.2 Å². The second kappa shape index (κ2) is 8.54. The normalized spacial score (nSPS) is 9.91. The van der Waals surface area contributed by atoms with Crippen LogP contribution in [0.2, 0.25) is 0 Å². The zero-order valence-electron chi connectivity index (χ0n) is 13.1. The van der Waals surface area contributed by atoms with E-state index in [0.717, 1.165) is 17.0 Å². The Bertz CT molecular complexity index is 663. The molecule has 0 aliphatic rings. The van der Waals surface area contributed by atoms with Gasteiger partial charge in [0.2, 0.25) is 5.91 Å². The van der Waals surface area contributed by atoms with E-state index in [-0.39, 0.29) is 18.7 Å². The first-order valence-electron chi connectivity index (χ1n) is 7.53. The summed E-state index contributed by atoms with van der Waals surface area (Å²) in [5, 5.41) is 8.83. The van der Waals surface area contributed by atoms with Crippen molar-refractivity contribution in [2.75, 3.05) is 18.1 Å². The maximum absolute atomic E-state index is 12.6. The Hall–Kier alpha value is -2.87. The number of carbonyl (C=O) groups excluding carboxylic acids is 1. The van der Waals surface area contributed by atoms with Gasteiger partial charge in [-0.1, -0.05) is 6.07 Å². The number of amides is 1. The lowest BCUT2D eigenvalue weighted by Gasteiger charge is -2.22. The summed E-state index contributed by atoms with van der Waals surface area (Å²) in [6.45, 7) is 2.88. The molecule has 1 amide bonds. The molecule has 0 aliphatic heterocycles. The number of nitrogens with zero attached hydrogens (tertiary/aromatic N) is 3. The highest BCUT2D eigenvalue weighted by atomic mass is 16.5. The molecule has 1 aromatic heterocycles. The molecule has 2 rings (SSSR count). The maximum Gasteiger partial charge on any atom is 0.231 e. The monoisotopic (exact) mass is 309 g/mol. The van der Waals surface area contributed by atoms with Gasteiger partial charge in [0.15, 0.2) is 0 Å². The van der Waals surface area contributed by atoms with Crippen molar-refractivity contribution >= 4 is 11.6 Å². The summed E-state index contributed by atoms with van der Waals surface area (Å²) in [6, 6.07) is 13.1. The third kappa shape index (κ3) is 4.82. The molecule has 2 aromatic rings. The molecular formula is C18H19N3O2. The third-order valence-electron chi connectivity index (χ3n) is 3.29. The van der Waals surface area contributed by atoms with Gasteiger partial charge in [0, 0.05) is 24.6 Å². The Morgan fingerprint density at radius 3 is 2.70 bits per heavy atom. The zero-order valence-corrected chi connectivity index (χ0v) is 13.1. The molecule has 5 heteroatoms. The largest absolute Gasteiger partial charge is 0.494 e. The van der Waals surface area contributed by atoms with Gasteiger partial charge in [-0.15, -0.1) is 0 Å². The van der Waals surface area contributed by atoms with Crippen molar-refractivity contribution < 1.29 is 9.53 Å². The van der Waals surface area contributed by atoms with Gasteiger partial charge < -0.3 is 9.64 Å². The Balaban J connectivity index is 2.15. The number of benzene rings is 1. The summed E-state index contributed by atoms with van der Waals surface area (Å²) in [7, 11) is 0. The van der Waals surface area contributed by atoms with Crippen LogP contribution in [-0.4, -0.2) is 24.0 Å². The van der Waals surface area contributed by atoms with Crippen LogP contribution in [0.4, 0.5) is 5.69 Å². The standard InChI is InChI=1S/C18H19N3O2/c1-2-23-17-8-6-16(7-9-17)21(12-4-10-19)18(22)13-15-5-3-11-20-14-15/h3,5-9,11,14H,2,4,12-13H2,1H3. The first-order chi connectivity index (χ1) is 11.2. The molecular weight excluding hydrogens is 290 g/mol. The highest BCUT2D eigenvalue weighted by Gasteiger charge is 2.16. The van der Waals surface area contributed by atoms with Gasteiger partial charge in [0.1, 0.15) is 5.75 Å². The molecule has 0 saturated heterocycles. The summed E-state index contributed by atoms with van der Waals surface area (Å²) < 4.78 is 5.41. The lowest BCUT2D eigenvalue weighted by atomic mass is 10.1. The van der Waals surface area contributed by atoms with Crippen LogP contribution in [0.25, 0.3) is 0 Å². The average molecular weight is 309 g/mol. The number of aromatic nitrogens is 1. The van der Waals surface area contributed by atoms with Crippen LogP contribution in [0.1, 0.15) is 18.9 Å². The minimum atomic E-state index is -0.0580. The van der Waals surface area contributed by atoms with Crippen molar-refractivity contribution in [3.63, 3.8) is 0 Å².